The summed E-state index contributed by atoms with van der Waals surface area (Å²) in [7, 11) is 6.41. The monoisotopic (exact) mass is 1150 g/mol. The highest BCUT2D eigenvalue weighted by Gasteiger charge is 2.27. The summed E-state index contributed by atoms with van der Waals surface area (Å²) in [6, 6.07) is 32.8. The van der Waals surface area contributed by atoms with E-state index in [1.165, 1.54) is 62.3 Å². The van der Waals surface area contributed by atoms with Gasteiger partial charge in [0.25, 0.3) is 22.6 Å². The molecule has 10 rings (SSSR count). The number of fused-ring (bicyclic) bond motifs is 1. The first kappa shape index (κ1) is 59.8. The number of carbonyl (C=O) groups is 3. The van der Waals surface area contributed by atoms with E-state index in [2.05, 4.69) is 36.2 Å². The zero-order chi connectivity index (χ0) is 60.2. The lowest BCUT2D eigenvalue weighted by Crippen LogP contribution is -2.32. The fourth-order valence-electron chi connectivity index (χ4n) is 8.84. The summed E-state index contributed by atoms with van der Waals surface area (Å²) in [5, 5.41) is 27.1. The van der Waals surface area contributed by atoms with Gasteiger partial charge in [-0.25, -0.2) is 18.4 Å². The number of aryl methyl sites for hydroxylation is 3. The zero-order valence-corrected chi connectivity index (χ0v) is 48.3. The molecule has 0 unspecified atom stereocenters. The van der Waals surface area contributed by atoms with Crippen LogP contribution in [0, 0.1) is 5.82 Å². The van der Waals surface area contributed by atoms with E-state index >= 15 is 0 Å². The van der Waals surface area contributed by atoms with Crippen molar-refractivity contribution in [1.29, 1.82) is 0 Å². The van der Waals surface area contributed by atoms with Crippen LogP contribution < -0.4 is 42.1 Å². The number of thiophene rings is 1. The Morgan fingerprint density at radius 2 is 1.10 bits per heavy atom. The third kappa shape index (κ3) is 13.4. The molecule has 0 spiro atoms. The number of methoxy groups -OCH3 is 2. The third-order valence-corrected chi connectivity index (χ3v) is 13.6. The Morgan fingerprint density at radius 1 is 0.595 bits per heavy atom. The molecule has 22 heteroatoms. The number of amides is 1. The number of Topliss-reactive ketones (excluding diaryl/α,β-unsaturated/α-hetero) is 2. The van der Waals surface area contributed by atoms with Crippen molar-refractivity contribution < 1.29 is 32.7 Å². The predicted octanol–water partition coefficient (Wildman–Crippen LogP) is 11.5. The summed E-state index contributed by atoms with van der Waals surface area (Å²) in [4.78, 5) is 82.5. The summed E-state index contributed by atoms with van der Waals surface area (Å²) >= 11 is 1.51. The van der Waals surface area contributed by atoms with Gasteiger partial charge in [-0.1, -0.05) is 18.2 Å². The molecule has 4 aromatic carbocycles. The van der Waals surface area contributed by atoms with Crippen LogP contribution in [0.5, 0.6) is 11.5 Å². The first-order chi connectivity index (χ1) is 40.5. The smallest absolute Gasteiger partial charge is 0.291 e. The van der Waals surface area contributed by atoms with Gasteiger partial charge in [-0.2, -0.15) is 26.6 Å². The molecule has 0 fully saturated rings. The largest absolute Gasteiger partial charge is 0.497 e. The van der Waals surface area contributed by atoms with Crippen molar-refractivity contribution in [3.05, 3.63) is 198 Å². The topological polar surface area (TPSA) is 240 Å². The number of aromatic nitrogens is 7. The molecule has 6 aromatic heterocycles. The number of anilines is 6. The molecule has 430 valence electrons. The molecule has 10 aromatic rings. The van der Waals surface area contributed by atoms with Crippen LogP contribution in [-0.2, 0) is 19.6 Å². The summed E-state index contributed by atoms with van der Waals surface area (Å²) < 4.78 is 33.5. The number of furan rings is 1. The van der Waals surface area contributed by atoms with Crippen molar-refractivity contribution in [2.45, 2.75) is 54.3 Å². The maximum atomic E-state index is 13.6. The van der Waals surface area contributed by atoms with Crippen LogP contribution in [0.25, 0.3) is 44.7 Å². The molecule has 0 atom stereocenters. The number of benzene rings is 4. The number of pyridine rings is 1. The van der Waals surface area contributed by atoms with Crippen molar-refractivity contribution in [1.82, 2.24) is 39.2 Å². The Hall–Kier alpha value is -10.4. The SMILES string of the molecule is CCn1nc(-c2ccc3occc3c2)c(C(C)=O)c(Nc2cccc(F)c2)c1=O.CCn1nc(-c2cccnc2)c(C(=O)N(C)C)c(Nc2cccc(OC)c2)c1=O.CCn1nc(-c2ccsc2)c(C(C)=O)c(Nc2cccc(OC)c2)c1=O. The second kappa shape index (κ2) is 26.9. The van der Waals surface area contributed by atoms with Crippen LogP contribution in [0.3, 0.4) is 0 Å². The summed E-state index contributed by atoms with van der Waals surface area (Å²) in [6.45, 7) is 9.35. The van der Waals surface area contributed by atoms with Gasteiger partial charge in [0.1, 0.15) is 57.0 Å². The van der Waals surface area contributed by atoms with Gasteiger partial charge in [-0.15, -0.1) is 0 Å². The first-order valence-electron chi connectivity index (χ1n) is 26.4. The lowest BCUT2D eigenvalue weighted by atomic mass is 10.0. The molecule has 1 amide bonds. The minimum absolute atomic E-state index is 0.0715. The fourth-order valence-corrected chi connectivity index (χ4v) is 9.48. The standard InChI is InChI=1S/C22H18FN3O3.C21H23N5O3.C19H19N3O3S/c1-3-26-22(28)21(24-17-6-4-5-16(23)12-17)19(13(2)27)20(25-26)15-7-8-18-14(11-15)9-10-29-18;1-5-26-21(28)19(23-15-9-6-10-16(12-15)29-4)17(20(27)25(2)3)18(24-26)14-8-7-11-22-13-14;1-4-22-19(24)18(20-14-6-5-7-15(10-14)25-3)16(12(2)23)17(21-22)13-8-9-26-11-13/h4-12,24H,3H2,1-2H3;6-13,23H,5H2,1-4H3;5-11,20H,4H2,1-3H3. The third-order valence-electron chi connectivity index (χ3n) is 12.9. The average Bonchev–Trinajstić information content (AvgIpc) is 2.20. The molecular weight excluding hydrogens is 1090 g/mol. The van der Waals surface area contributed by atoms with Gasteiger partial charge in [-0.3, -0.25) is 33.8 Å². The van der Waals surface area contributed by atoms with Crippen molar-refractivity contribution in [3.63, 3.8) is 0 Å². The Balaban J connectivity index is 0.000000165. The number of carbonyl (C=O) groups excluding carboxylic acids is 3. The molecule has 0 bridgehead atoms. The maximum absolute atomic E-state index is 13.6. The van der Waals surface area contributed by atoms with Crippen LogP contribution >= 0.6 is 11.3 Å². The predicted molar refractivity (Wildman–Crippen MR) is 325 cm³/mol. The molecule has 84 heavy (non-hydrogen) atoms. The molecule has 0 aliphatic rings. The summed E-state index contributed by atoms with van der Waals surface area (Å²) in [5.74, 6) is -0.0318. The van der Waals surface area contributed by atoms with Gasteiger partial charge < -0.3 is 34.7 Å². The van der Waals surface area contributed by atoms with Crippen LogP contribution in [0.2, 0.25) is 0 Å². The van der Waals surface area contributed by atoms with Gasteiger partial charge in [0.05, 0.1) is 37.2 Å². The molecule has 0 radical (unpaired) electrons. The number of rotatable bonds is 17. The Bertz CT molecular complexity index is 4220. The highest BCUT2D eigenvalue weighted by atomic mass is 32.1. The lowest BCUT2D eigenvalue weighted by Gasteiger charge is -2.19. The summed E-state index contributed by atoms with van der Waals surface area (Å²) in [6.07, 6.45) is 4.84. The fraction of sp³-hybridized carbons (Fsp3) is 0.194. The molecule has 6 heterocycles. The van der Waals surface area contributed by atoms with E-state index in [-0.39, 0.29) is 56.8 Å². The number of nitrogens with zero attached hydrogens (tertiary/aromatic N) is 8. The van der Waals surface area contributed by atoms with Crippen molar-refractivity contribution in [2.24, 2.45) is 0 Å². The number of ether oxygens (including phenoxy) is 2. The van der Waals surface area contributed by atoms with Crippen molar-refractivity contribution >= 4 is 73.9 Å². The second-order valence-electron chi connectivity index (χ2n) is 18.7. The normalized spacial score (nSPS) is 10.7. The van der Waals surface area contributed by atoms with Gasteiger partial charge >= 0.3 is 0 Å². The minimum Gasteiger partial charge on any atom is -0.497 e. The number of hydrogen-bond donors (Lipinski definition) is 3. The highest BCUT2D eigenvalue weighted by Crippen LogP contribution is 2.33. The summed E-state index contributed by atoms with van der Waals surface area (Å²) in [5.41, 5.74) is 5.72. The Labute approximate surface area is 485 Å². The molecule has 0 aliphatic carbocycles. The van der Waals surface area contributed by atoms with Crippen LogP contribution in [-0.4, -0.2) is 85.0 Å². The van der Waals surface area contributed by atoms with Crippen LogP contribution in [0.15, 0.2) is 163 Å². The second-order valence-corrected chi connectivity index (χ2v) is 19.5. The maximum Gasteiger partial charge on any atom is 0.291 e. The van der Waals surface area contributed by atoms with Crippen LogP contribution in [0.1, 0.15) is 65.7 Å². The van der Waals surface area contributed by atoms with E-state index < -0.39 is 11.4 Å². The number of nitrogens with one attached hydrogen (secondary N) is 3. The Morgan fingerprint density at radius 3 is 1.55 bits per heavy atom. The molecule has 3 N–H and O–H groups in total. The zero-order valence-electron chi connectivity index (χ0n) is 47.5. The van der Waals surface area contributed by atoms with E-state index in [1.807, 2.05) is 67.1 Å². The molecule has 0 saturated heterocycles. The quantitative estimate of drug-likeness (QED) is 0.0718. The Kier molecular flexibility index (Phi) is 19.2. The van der Waals surface area contributed by atoms with Gasteiger partial charge in [-0.05, 0) is 125 Å². The van der Waals surface area contributed by atoms with Crippen LogP contribution in [0.4, 0.5) is 38.5 Å². The van der Waals surface area contributed by atoms with Gasteiger partial charge in [0.2, 0.25) is 0 Å². The van der Waals surface area contributed by atoms with Crippen molar-refractivity contribution in [3.8, 4) is 45.3 Å². The van der Waals surface area contributed by atoms with Gasteiger partial charge in [0.15, 0.2) is 11.6 Å². The first-order valence-corrected chi connectivity index (χ1v) is 27.4. The van der Waals surface area contributed by atoms with E-state index in [0.29, 0.717) is 87.6 Å². The molecule has 0 saturated carbocycles. The van der Waals surface area contributed by atoms with Crippen molar-refractivity contribution in [2.75, 3.05) is 44.3 Å². The minimum atomic E-state index is -0.449. The highest BCUT2D eigenvalue weighted by molar-refractivity contribution is 7.08. The van der Waals surface area contributed by atoms with Gasteiger partial charge in [0, 0.05) is 103 Å². The number of hydrogen-bond acceptors (Lipinski definition) is 17. The van der Waals surface area contributed by atoms with E-state index in [4.69, 9.17) is 13.9 Å². The molecule has 0 aliphatic heterocycles. The van der Waals surface area contributed by atoms with E-state index in [9.17, 15) is 33.2 Å². The molecular formula is C62H60FN11O9S. The van der Waals surface area contributed by atoms with E-state index in [1.54, 1.807) is 108 Å². The van der Waals surface area contributed by atoms with E-state index in [0.717, 1.165) is 10.9 Å². The lowest BCUT2D eigenvalue weighted by molar-refractivity contribution is 0.0827. The number of ketones is 2. The average molecular weight is 1150 g/mol. The number of halogens is 1. The molecule has 20 nitrogen and oxygen atoms in total.